The van der Waals surface area contributed by atoms with Crippen molar-refractivity contribution in [2.24, 2.45) is 5.92 Å². The van der Waals surface area contributed by atoms with Gasteiger partial charge in [0.25, 0.3) is 5.91 Å². The SMILES string of the molecule is COCC(=O)N1C[C@H](C)[C@@H](OC)CN(C)C(=O)c2ccc(NC(=O)Nc3cccc(F)c3)cc2OC[C@H]1C. The Balaban J connectivity index is 1.88. The highest BCUT2D eigenvalue weighted by atomic mass is 19.1. The number of nitrogens with zero attached hydrogens (tertiary/aromatic N) is 2. The topological polar surface area (TPSA) is 109 Å². The first-order valence-corrected chi connectivity index (χ1v) is 12.3. The van der Waals surface area contributed by atoms with Crippen LogP contribution in [-0.2, 0) is 14.3 Å². The predicted octanol–water partition coefficient (Wildman–Crippen LogP) is 3.45. The van der Waals surface area contributed by atoms with Gasteiger partial charge in [0.2, 0.25) is 5.91 Å². The second-order valence-electron chi connectivity index (χ2n) is 9.38. The lowest BCUT2D eigenvalue weighted by Gasteiger charge is -2.36. The summed E-state index contributed by atoms with van der Waals surface area (Å²) in [6.45, 7) is 4.55. The summed E-state index contributed by atoms with van der Waals surface area (Å²) in [5.41, 5.74) is 0.954. The van der Waals surface area contributed by atoms with E-state index in [1.165, 1.54) is 25.3 Å². The lowest BCUT2D eigenvalue weighted by Crippen LogP contribution is -2.49. The van der Waals surface area contributed by atoms with Crippen LogP contribution in [0.3, 0.4) is 0 Å². The molecule has 0 saturated carbocycles. The number of benzene rings is 2. The van der Waals surface area contributed by atoms with Gasteiger partial charge in [-0.05, 0) is 37.3 Å². The van der Waals surface area contributed by atoms with Gasteiger partial charge in [-0.2, -0.15) is 0 Å². The van der Waals surface area contributed by atoms with Crippen LogP contribution >= 0.6 is 0 Å². The number of fused-ring (bicyclic) bond motifs is 1. The highest BCUT2D eigenvalue weighted by molar-refractivity contribution is 6.01. The average Bonchev–Trinajstić information content (AvgIpc) is 2.87. The molecule has 1 heterocycles. The van der Waals surface area contributed by atoms with E-state index in [4.69, 9.17) is 14.2 Å². The van der Waals surface area contributed by atoms with Gasteiger partial charge in [0, 0.05) is 57.7 Å². The summed E-state index contributed by atoms with van der Waals surface area (Å²) < 4.78 is 30.3. The number of carbonyl (C=O) groups excluding carboxylic acids is 3. The average molecular weight is 531 g/mol. The molecule has 0 unspecified atom stereocenters. The summed E-state index contributed by atoms with van der Waals surface area (Å²) in [6.07, 6.45) is -0.315. The number of nitrogens with one attached hydrogen (secondary N) is 2. The molecule has 0 bridgehead atoms. The molecule has 4 amide bonds. The fourth-order valence-corrected chi connectivity index (χ4v) is 4.26. The van der Waals surface area contributed by atoms with Crippen LogP contribution in [0.5, 0.6) is 5.75 Å². The molecule has 0 aromatic heterocycles. The minimum atomic E-state index is -0.589. The number of urea groups is 1. The molecule has 0 fully saturated rings. The van der Waals surface area contributed by atoms with Crippen LogP contribution < -0.4 is 15.4 Å². The number of rotatable bonds is 5. The lowest BCUT2D eigenvalue weighted by molar-refractivity contribution is -0.139. The summed E-state index contributed by atoms with van der Waals surface area (Å²) in [6, 6.07) is 9.29. The quantitative estimate of drug-likeness (QED) is 0.613. The van der Waals surface area contributed by atoms with E-state index in [-0.39, 0.29) is 48.8 Å². The molecule has 38 heavy (non-hydrogen) atoms. The van der Waals surface area contributed by atoms with Crippen LogP contribution in [0.1, 0.15) is 24.2 Å². The first-order valence-electron chi connectivity index (χ1n) is 12.3. The summed E-state index contributed by atoms with van der Waals surface area (Å²) in [5.74, 6) is -0.752. The van der Waals surface area contributed by atoms with Crippen LogP contribution in [0.4, 0.5) is 20.6 Å². The highest BCUT2D eigenvalue weighted by Gasteiger charge is 2.30. The van der Waals surface area contributed by atoms with E-state index < -0.39 is 11.8 Å². The van der Waals surface area contributed by atoms with E-state index in [0.29, 0.717) is 30.0 Å². The van der Waals surface area contributed by atoms with Crippen molar-refractivity contribution in [1.29, 1.82) is 0 Å². The molecule has 1 aliphatic rings. The summed E-state index contributed by atoms with van der Waals surface area (Å²) in [4.78, 5) is 41.9. The third kappa shape index (κ3) is 7.42. The van der Waals surface area contributed by atoms with Gasteiger partial charge >= 0.3 is 6.03 Å². The Morgan fingerprint density at radius 3 is 2.45 bits per heavy atom. The third-order valence-corrected chi connectivity index (χ3v) is 6.38. The van der Waals surface area contributed by atoms with Crippen molar-refractivity contribution in [3.05, 3.63) is 53.8 Å². The van der Waals surface area contributed by atoms with Crippen LogP contribution in [0, 0.1) is 11.7 Å². The number of ether oxygens (including phenoxy) is 3. The predicted molar refractivity (Wildman–Crippen MR) is 141 cm³/mol. The number of methoxy groups -OCH3 is 2. The minimum Gasteiger partial charge on any atom is -0.491 e. The lowest BCUT2D eigenvalue weighted by atomic mass is 10.0. The van der Waals surface area contributed by atoms with Crippen LogP contribution in [-0.4, -0.2) is 87.4 Å². The Morgan fingerprint density at radius 1 is 1.08 bits per heavy atom. The molecular formula is C27H35FN4O6. The second kappa shape index (κ2) is 13.2. The zero-order valence-corrected chi connectivity index (χ0v) is 22.3. The maximum absolute atomic E-state index is 13.4. The van der Waals surface area contributed by atoms with Crippen molar-refractivity contribution in [3.63, 3.8) is 0 Å². The monoisotopic (exact) mass is 530 g/mol. The van der Waals surface area contributed by atoms with Crippen LogP contribution in [0.15, 0.2) is 42.5 Å². The van der Waals surface area contributed by atoms with Gasteiger partial charge in [0.15, 0.2) is 0 Å². The Bertz CT molecular complexity index is 1150. The number of anilines is 2. The first-order chi connectivity index (χ1) is 18.1. The van der Waals surface area contributed by atoms with Crippen LogP contribution in [0.25, 0.3) is 0 Å². The smallest absolute Gasteiger partial charge is 0.323 e. The number of hydrogen-bond donors (Lipinski definition) is 2. The maximum atomic E-state index is 13.4. The molecule has 1 aliphatic heterocycles. The van der Waals surface area contributed by atoms with Crippen molar-refractivity contribution in [2.75, 3.05) is 58.2 Å². The molecule has 11 heteroatoms. The molecule has 10 nitrogen and oxygen atoms in total. The molecule has 0 spiro atoms. The molecule has 2 aromatic carbocycles. The van der Waals surface area contributed by atoms with Crippen molar-refractivity contribution >= 4 is 29.2 Å². The number of halogens is 1. The Morgan fingerprint density at radius 2 is 1.79 bits per heavy atom. The molecule has 206 valence electrons. The van der Waals surface area contributed by atoms with Gasteiger partial charge in [0.05, 0.1) is 17.7 Å². The fraction of sp³-hybridized carbons (Fsp3) is 0.444. The van der Waals surface area contributed by atoms with Gasteiger partial charge in [-0.3, -0.25) is 9.59 Å². The summed E-state index contributed by atoms with van der Waals surface area (Å²) in [5, 5.41) is 5.23. The number of hydrogen-bond acceptors (Lipinski definition) is 6. The zero-order valence-electron chi connectivity index (χ0n) is 22.3. The molecule has 0 aliphatic carbocycles. The Hall–Kier alpha value is -3.70. The van der Waals surface area contributed by atoms with Gasteiger partial charge in [-0.1, -0.05) is 13.0 Å². The van der Waals surface area contributed by atoms with E-state index in [0.717, 1.165) is 0 Å². The highest BCUT2D eigenvalue weighted by Crippen LogP contribution is 2.27. The van der Waals surface area contributed by atoms with Gasteiger partial charge in [0.1, 0.15) is 24.8 Å². The van der Waals surface area contributed by atoms with E-state index >= 15 is 0 Å². The summed E-state index contributed by atoms with van der Waals surface area (Å²) in [7, 11) is 4.72. The van der Waals surface area contributed by atoms with Crippen molar-refractivity contribution in [3.8, 4) is 5.75 Å². The summed E-state index contributed by atoms with van der Waals surface area (Å²) >= 11 is 0. The molecule has 0 radical (unpaired) electrons. The zero-order chi connectivity index (χ0) is 27.8. The standard InChI is InChI=1S/C27H35FN4O6/c1-17-13-32(25(33)16-36-4)18(2)15-38-23-12-21(30-27(35)29-20-8-6-7-19(28)11-20)9-10-22(23)26(34)31(3)14-24(17)37-5/h6-12,17-18,24H,13-16H2,1-5H3,(H2,29,30,35)/t17-,18+,24-/m0/s1. The third-order valence-electron chi connectivity index (χ3n) is 6.38. The normalized spacial score (nSPS) is 20.5. The van der Waals surface area contributed by atoms with Crippen LogP contribution in [0.2, 0.25) is 0 Å². The van der Waals surface area contributed by atoms with E-state index in [9.17, 15) is 18.8 Å². The number of carbonyl (C=O) groups is 3. The van der Waals surface area contributed by atoms with Crippen molar-refractivity contribution < 1.29 is 33.0 Å². The minimum absolute atomic E-state index is 0.0689. The van der Waals surface area contributed by atoms with E-state index in [2.05, 4.69) is 10.6 Å². The van der Waals surface area contributed by atoms with Gasteiger partial charge < -0.3 is 34.6 Å². The molecular weight excluding hydrogens is 495 g/mol. The molecule has 0 saturated heterocycles. The van der Waals surface area contributed by atoms with Gasteiger partial charge in [-0.25, -0.2) is 9.18 Å². The largest absolute Gasteiger partial charge is 0.491 e. The van der Waals surface area contributed by atoms with E-state index in [1.54, 1.807) is 48.2 Å². The molecule has 3 rings (SSSR count). The Labute approximate surface area is 222 Å². The fourth-order valence-electron chi connectivity index (χ4n) is 4.26. The van der Waals surface area contributed by atoms with Crippen molar-refractivity contribution in [2.45, 2.75) is 26.0 Å². The molecule has 2 N–H and O–H groups in total. The first kappa shape index (κ1) is 28.9. The number of amides is 4. The maximum Gasteiger partial charge on any atom is 0.323 e. The Kier molecular flexibility index (Phi) is 10.0. The van der Waals surface area contributed by atoms with Gasteiger partial charge in [-0.15, -0.1) is 0 Å². The molecule has 3 atom stereocenters. The second-order valence-corrected chi connectivity index (χ2v) is 9.38. The number of likely N-dealkylation sites (N-methyl/N-ethyl adjacent to an activating group) is 1. The van der Waals surface area contributed by atoms with E-state index in [1.807, 2.05) is 13.8 Å². The molecule has 2 aromatic rings. The van der Waals surface area contributed by atoms with Crippen molar-refractivity contribution in [1.82, 2.24) is 9.80 Å².